The number of benzene rings is 1. The molecule has 0 bridgehead atoms. The van der Waals surface area contributed by atoms with E-state index in [-0.39, 0.29) is 0 Å². The first-order valence-corrected chi connectivity index (χ1v) is 5.89. The zero-order valence-corrected chi connectivity index (χ0v) is 9.87. The lowest BCUT2D eigenvalue weighted by Crippen LogP contribution is -2.21. The van der Waals surface area contributed by atoms with Crippen molar-refractivity contribution in [2.45, 2.75) is 12.8 Å². The number of halogens is 1. The number of nitrogens with two attached hydrogens (primary N) is 1. The molecule has 88 valence electrons. The van der Waals surface area contributed by atoms with Crippen LogP contribution in [0.1, 0.15) is 12.8 Å². The van der Waals surface area contributed by atoms with Crippen molar-refractivity contribution in [3.8, 4) is 5.75 Å². The summed E-state index contributed by atoms with van der Waals surface area (Å²) in [6.07, 6.45) is 2.14. The van der Waals surface area contributed by atoms with E-state index in [0.29, 0.717) is 16.6 Å². The predicted octanol–water partition coefficient (Wildman–Crippen LogP) is 2.73. The van der Waals surface area contributed by atoms with Crippen LogP contribution in [-0.2, 0) is 4.74 Å². The lowest BCUT2D eigenvalue weighted by Gasteiger charge is -2.22. The van der Waals surface area contributed by atoms with Crippen LogP contribution >= 0.6 is 11.6 Å². The maximum absolute atomic E-state index is 5.91. The van der Waals surface area contributed by atoms with E-state index in [9.17, 15) is 0 Å². The topological polar surface area (TPSA) is 44.5 Å². The molecule has 0 saturated carbocycles. The molecule has 2 rings (SSSR count). The molecule has 0 spiro atoms. The molecule has 4 heteroatoms. The average molecular weight is 242 g/mol. The third-order valence-electron chi connectivity index (χ3n) is 2.80. The van der Waals surface area contributed by atoms with E-state index in [4.69, 9.17) is 26.8 Å². The zero-order valence-electron chi connectivity index (χ0n) is 9.12. The Morgan fingerprint density at radius 2 is 2.12 bits per heavy atom. The minimum Gasteiger partial charge on any atom is -0.493 e. The summed E-state index contributed by atoms with van der Waals surface area (Å²) in [6.45, 7) is 2.41. The van der Waals surface area contributed by atoms with Crippen LogP contribution < -0.4 is 10.5 Å². The van der Waals surface area contributed by atoms with Crippen molar-refractivity contribution in [1.82, 2.24) is 0 Å². The second kappa shape index (κ2) is 5.41. The van der Waals surface area contributed by atoms with Gasteiger partial charge in [-0.05, 0) is 30.9 Å². The molecule has 1 aromatic rings. The Balaban J connectivity index is 1.86. The number of rotatable bonds is 3. The summed E-state index contributed by atoms with van der Waals surface area (Å²) >= 11 is 5.91. The van der Waals surface area contributed by atoms with Crippen molar-refractivity contribution in [1.29, 1.82) is 0 Å². The SMILES string of the molecule is Nc1ccc(OCC2CCOCC2)cc1Cl. The molecule has 1 fully saturated rings. The fraction of sp³-hybridized carbons (Fsp3) is 0.500. The van der Waals surface area contributed by atoms with Gasteiger partial charge in [0.25, 0.3) is 0 Å². The molecular formula is C12H16ClNO2. The highest BCUT2D eigenvalue weighted by Crippen LogP contribution is 2.25. The summed E-state index contributed by atoms with van der Waals surface area (Å²) in [5.41, 5.74) is 6.21. The van der Waals surface area contributed by atoms with E-state index in [2.05, 4.69) is 0 Å². The monoisotopic (exact) mass is 241 g/mol. The highest BCUT2D eigenvalue weighted by Gasteiger charge is 2.14. The van der Waals surface area contributed by atoms with Gasteiger partial charge in [0.1, 0.15) is 5.75 Å². The highest BCUT2D eigenvalue weighted by atomic mass is 35.5. The van der Waals surface area contributed by atoms with Crippen molar-refractivity contribution in [2.75, 3.05) is 25.6 Å². The van der Waals surface area contributed by atoms with Gasteiger partial charge in [-0.1, -0.05) is 11.6 Å². The molecule has 1 aliphatic rings. The quantitative estimate of drug-likeness (QED) is 0.828. The Labute approximate surface area is 100 Å². The Bertz CT molecular complexity index is 351. The minimum absolute atomic E-state index is 0.546. The van der Waals surface area contributed by atoms with E-state index in [1.54, 1.807) is 12.1 Å². The van der Waals surface area contributed by atoms with Crippen molar-refractivity contribution in [3.05, 3.63) is 23.2 Å². The van der Waals surface area contributed by atoms with Crippen LogP contribution in [0.25, 0.3) is 0 Å². The number of anilines is 1. The summed E-state index contributed by atoms with van der Waals surface area (Å²) in [7, 11) is 0. The summed E-state index contributed by atoms with van der Waals surface area (Å²) in [4.78, 5) is 0. The Morgan fingerprint density at radius 1 is 1.38 bits per heavy atom. The first-order valence-electron chi connectivity index (χ1n) is 5.51. The van der Waals surface area contributed by atoms with Gasteiger partial charge < -0.3 is 15.2 Å². The van der Waals surface area contributed by atoms with Crippen LogP contribution in [0.2, 0.25) is 5.02 Å². The van der Waals surface area contributed by atoms with Crippen LogP contribution in [0, 0.1) is 5.92 Å². The highest BCUT2D eigenvalue weighted by molar-refractivity contribution is 6.33. The van der Waals surface area contributed by atoms with Gasteiger partial charge in [-0.25, -0.2) is 0 Å². The smallest absolute Gasteiger partial charge is 0.120 e. The first kappa shape index (κ1) is 11.6. The van der Waals surface area contributed by atoms with Crippen molar-refractivity contribution in [3.63, 3.8) is 0 Å². The molecule has 0 aromatic heterocycles. The molecule has 1 heterocycles. The van der Waals surface area contributed by atoms with E-state index >= 15 is 0 Å². The van der Waals surface area contributed by atoms with Crippen LogP contribution in [0.4, 0.5) is 5.69 Å². The molecule has 2 N–H and O–H groups in total. The fourth-order valence-corrected chi connectivity index (χ4v) is 1.90. The maximum Gasteiger partial charge on any atom is 0.120 e. The van der Waals surface area contributed by atoms with Gasteiger partial charge >= 0.3 is 0 Å². The second-order valence-corrected chi connectivity index (χ2v) is 4.46. The molecule has 3 nitrogen and oxygen atoms in total. The molecule has 0 radical (unpaired) electrons. The summed E-state index contributed by atoms with van der Waals surface area (Å²) in [5.74, 6) is 1.37. The van der Waals surface area contributed by atoms with Gasteiger partial charge in [0.05, 0.1) is 17.3 Å². The van der Waals surface area contributed by atoms with Crippen molar-refractivity contribution in [2.24, 2.45) is 5.92 Å². The largest absolute Gasteiger partial charge is 0.493 e. The van der Waals surface area contributed by atoms with Crippen LogP contribution in [0.15, 0.2) is 18.2 Å². The maximum atomic E-state index is 5.91. The summed E-state index contributed by atoms with van der Waals surface area (Å²) < 4.78 is 11.0. The number of nitrogen functional groups attached to an aromatic ring is 1. The third-order valence-corrected chi connectivity index (χ3v) is 3.13. The number of hydrogen-bond acceptors (Lipinski definition) is 3. The molecule has 0 atom stereocenters. The van der Waals surface area contributed by atoms with Crippen molar-refractivity contribution < 1.29 is 9.47 Å². The molecule has 16 heavy (non-hydrogen) atoms. The van der Waals surface area contributed by atoms with Gasteiger partial charge in [-0.15, -0.1) is 0 Å². The zero-order chi connectivity index (χ0) is 11.4. The number of ether oxygens (including phenoxy) is 2. The van der Waals surface area contributed by atoms with Crippen molar-refractivity contribution >= 4 is 17.3 Å². The Kier molecular flexibility index (Phi) is 3.91. The molecule has 0 amide bonds. The van der Waals surface area contributed by atoms with E-state index in [1.165, 1.54) is 0 Å². The van der Waals surface area contributed by atoms with E-state index < -0.39 is 0 Å². The first-order chi connectivity index (χ1) is 7.75. The van der Waals surface area contributed by atoms with Crippen LogP contribution in [-0.4, -0.2) is 19.8 Å². The summed E-state index contributed by atoms with van der Waals surface area (Å²) in [6, 6.07) is 5.37. The lowest BCUT2D eigenvalue weighted by molar-refractivity contribution is 0.0497. The molecule has 1 aliphatic heterocycles. The lowest BCUT2D eigenvalue weighted by atomic mass is 10.0. The van der Waals surface area contributed by atoms with Gasteiger partial charge in [0, 0.05) is 19.3 Å². The Morgan fingerprint density at radius 3 is 2.81 bits per heavy atom. The van der Waals surface area contributed by atoms with E-state index in [0.717, 1.165) is 38.4 Å². The molecule has 1 saturated heterocycles. The number of hydrogen-bond donors (Lipinski definition) is 1. The van der Waals surface area contributed by atoms with E-state index in [1.807, 2.05) is 6.07 Å². The Hall–Kier alpha value is -0.930. The van der Waals surface area contributed by atoms with Crippen LogP contribution in [0.5, 0.6) is 5.75 Å². The average Bonchev–Trinajstić information content (AvgIpc) is 2.32. The minimum atomic E-state index is 0.546. The van der Waals surface area contributed by atoms with Gasteiger partial charge in [-0.2, -0.15) is 0 Å². The normalized spacial score (nSPS) is 17.3. The molecule has 0 aliphatic carbocycles. The van der Waals surface area contributed by atoms with Crippen LogP contribution in [0.3, 0.4) is 0 Å². The predicted molar refractivity (Wildman–Crippen MR) is 64.9 cm³/mol. The molecular weight excluding hydrogens is 226 g/mol. The third kappa shape index (κ3) is 3.03. The standard InChI is InChI=1S/C12H16ClNO2/c13-11-7-10(1-2-12(11)14)16-8-9-3-5-15-6-4-9/h1-2,7,9H,3-6,8,14H2. The van der Waals surface area contributed by atoms with Gasteiger partial charge in [0.15, 0.2) is 0 Å². The summed E-state index contributed by atoms with van der Waals surface area (Å²) in [5, 5.41) is 0.546. The van der Waals surface area contributed by atoms with Gasteiger partial charge in [-0.3, -0.25) is 0 Å². The second-order valence-electron chi connectivity index (χ2n) is 4.05. The van der Waals surface area contributed by atoms with Gasteiger partial charge in [0.2, 0.25) is 0 Å². The molecule has 0 unspecified atom stereocenters. The fourth-order valence-electron chi connectivity index (χ4n) is 1.72. The molecule has 1 aromatic carbocycles.